The van der Waals surface area contributed by atoms with Crippen LogP contribution in [0.25, 0.3) is 11.0 Å². The first-order valence-electron chi connectivity index (χ1n) is 10.2. The van der Waals surface area contributed by atoms with Crippen LogP contribution in [0.15, 0.2) is 36.5 Å². The first-order chi connectivity index (χ1) is 14.2. The Morgan fingerprint density at radius 3 is 2.40 bits per heavy atom. The molecule has 3 aromatic rings. The summed E-state index contributed by atoms with van der Waals surface area (Å²) in [7, 11) is 1.63. The van der Waals surface area contributed by atoms with Crippen LogP contribution in [0.4, 0.5) is 5.69 Å². The molecule has 0 spiro atoms. The Balaban J connectivity index is 1.85. The Kier molecular flexibility index (Phi) is 6.20. The van der Waals surface area contributed by atoms with Crippen LogP contribution < -0.4 is 5.32 Å². The van der Waals surface area contributed by atoms with Crippen molar-refractivity contribution in [3.63, 3.8) is 0 Å². The molecule has 0 fully saturated rings. The number of amides is 2. The lowest BCUT2D eigenvalue weighted by Crippen LogP contribution is -2.35. The number of hydrogen-bond acceptors (Lipinski definition) is 4. The van der Waals surface area contributed by atoms with Gasteiger partial charge in [0.2, 0.25) is 5.91 Å². The topological polar surface area (TPSA) is 80.1 Å². The molecule has 3 rings (SSSR count). The zero-order valence-electron chi connectivity index (χ0n) is 18.4. The first kappa shape index (κ1) is 21.5. The SMILES string of the molecule is Cc1ccc(NC(=O)CN(C)C(=O)c2cc(C(C)C)nc3c2cnn3C(C)C)cc1. The summed E-state index contributed by atoms with van der Waals surface area (Å²) in [5.41, 5.74) is 3.85. The Labute approximate surface area is 177 Å². The van der Waals surface area contributed by atoms with Gasteiger partial charge in [-0.15, -0.1) is 0 Å². The molecule has 0 atom stereocenters. The van der Waals surface area contributed by atoms with Gasteiger partial charge in [0.25, 0.3) is 5.91 Å². The number of fused-ring (bicyclic) bond motifs is 1. The van der Waals surface area contributed by atoms with Gasteiger partial charge in [-0.25, -0.2) is 9.67 Å². The predicted octanol–water partition coefficient (Wildman–Crippen LogP) is 4.15. The third kappa shape index (κ3) is 4.50. The molecule has 1 N–H and O–H groups in total. The standard InChI is InChI=1S/C23H29N5O2/c1-14(2)20-11-18(19-12-24-28(15(3)4)22(19)26-20)23(30)27(6)13-21(29)25-17-9-7-16(5)8-10-17/h7-12,14-15H,13H2,1-6H3,(H,25,29). The van der Waals surface area contributed by atoms with Crippen LogP contribution in [0.3, 0.4) is 0 Å². The third-order valence-electron chi connectivity index (χ3n) is 4.96. The van der Waals surface area contributed by atoms with E-state index in [0.717, 1.165) is 11.3 Å². The number of carbonyl (C=O) groups excluding carboxylic acids is 2. The van der Waals surface area contributed by atoms with Gasteiger partial charge in [-0.1, -0.05) is 31.5 Å². The van der Waals surface area contributed by atoms with Gasteiger partial charge in [0.15, 0.2) is 5.65 Å². The molecule has 0 aliphatic rings. The minimum absolute atomic E-state index is 0.0497. The van der Waals surface area contributed by atoms with E-state index in [-0.39, 0.29) is 30.3 Å². The summed E-state index contributed by atoms with van der Waals surface area (Å²) in [6.07, 6.45) is 1.68. The summed E-state index contributed by atoms with van der Waals surface area (Å²) >= 11 is 0. The number of pyridine rings is 1. The Morgan fingerprint density at radius 1 is 1.13 bits per heavy atom. The maximum Gasteiger partial charge on any atom is 0.254 e. The summed E-state index contributed by atoms with van der Waals surface area (Å²) in [5, 5.41) is 7.95. The van der Waals surface area contributed by atoms with E-state index in [1.807, 2.05) is 69.6 Å². The molecule has 2 heterocycles. The Bertz CT molecular complexity index is 1070. The zero-order valence-corrected chi connectivity index (χ0v) is 18.4. The summed E-state index contributed by atoms with van der Waals surface area (Å²) < 4.78 is 1.82. The lowest BCUT2D eigenvalue weighted by Gasteiger charge is -2.18. The van der Waals surface area contributed by atoms with Crippen molar-refractivity contribution >= 4 is 28.5 Å². The van der Waals surface area contributed by atoms with Crippen LogP contribution in [-0.2, 0) is 4.79 Å². The van der Waals surface area contributed by atoms with Gasteiger partial charge in [-0.05, 0) is 44.9 Å². The molecule has 0 saturated heterocycles. The van der Waals surface area contributed by atoms with E-state index in [1.165, 1.54) is 4.90 Å². The van der Waals surface area contributed by atoms with Crippen molar-refractivity contribution in [3.8, 4) is 0 Å². The number of hydrogen-bond donors (Lipinski definition) is 1. The van der Waals surface area contributed by atoms with Crippen molar-refractivity contribution in [2.75, 3.05) is 18.9 Å². The van der Waals surface area contributed by atoms with E-state index >= 15 is 0 Å². The number of aromatic nitrogens is 3. The molecule has 0 unspecified atom stereocenters. The molecule has 7 heteroatoms. The van der Waals surface area contributed by atoms with Crippen LogP contribution in [0.5, 0.6) is 0 Å². The fourth-order valence-electron chi connectivity index (χ4n) is 3.22. The maximum atomic E-state index is 13.2. The summed E-state index contributed by atoms with van der Waals surface area (Å²) in [6, 6.07) is 9.48. The lowest BCUT2D eigenvalue weighted by atomic mass is 10.0. The predicted molar refractivity (Wildman–Crippen MR) is 119 cm³/mol. The van der Waals surface area contributed by atoms with Crippen LogP contribution in [0.2, 0.25) is 0 Å². The highest BCUT2D eigenvalue weighted by Gasteiger charge is 2.22. The molecule has 0 aliphatic carbocycles. The van der Waals surface area contributed by atoms with Gasteiger partial charge in [0.1, 0.15) is 0 Å². The molecule has 2 aromatic heterocycles. The highest BCUT2D eigenvalue weighted by molar-refractivity contribution is 6.07. The molecule has 2 amide bonds. The van der Waals surface area contributed by atoms with Crippen LogP contribution in [-0.4, -0.2) is 45.1 Å². The Morgan fingerprint density at radius 2 is 1.80 bits per heavy atom. The largest absolute Gasteiger partial charge is 0.332 e. The second-order valence-corrected chi connectivity index (χ2v) is 8.24. The molecular formula is C23H29N5O2. The van der Waals surface area contributed by atoms with Crippen LogP contribution in [0.1, 0.15) is 61.3 Å². The van der Waals surface area contributed by atoms with Crippen molar-refractivity contribution in [2.24, 2.45) is 0 Å². The Hall–Kier alpha value is -3.22. The number of aryl methyl sites for hydroxylation is 1. The minimum atomic E-state index is -0.248. The van der Waals surface area contributed by atoms with Crippen molar-refractivity contribution in [3.05, 3.63) is 53.3 Å². The monoisotopic (exact) mass is 407 g/mol. The third-order valence-corrected chi connectivity index (χ3v) is 4.96. The van der Waals surface area contributed by atoms with Gasteiger partial charge < -0.3 is 10.2 Å². The van der Waals surface area contributed by atoms with E-state index in [0.29, 0.717) is 22.3 Å². The number of anilines is 1. The number of carbonyl (C=O) groups is 2. The number of rotatable bonds is 6. The average Bonchev–Trinajstić information content (AvgIpc) is 3.12. The maximum absolute atomic E-state index is 13.2. The smallest absolute Gasteiger partial charge is 0.254 e. The molecule has 0 bridgehead atoms. The molecule has 7 nitrogen and oxygen atoms in total. The summed E-state index contributed by atoms with van der Waals surface area (Å²) in [4.78, 5) is 31.8. The molecule has 158 valence electrons. The normalized spacial score (nSPS) is 11.3. The van der Waals surface area contributed by atoms with Crippen molar-refractivity contribution in [1.82, 2.24) is 19.7 Å². The summed E-state index contributed by atoms with van der Waals surface area (Å²) in [5.74, 6) is -0.319. The number of benzene rings is 1. The van der Waals surface area contributed by atoms with E-state index in [9.17, 15) is 9.59 Å². The molecular weight excluding hydrogens is 378 g/mol. The van der Waals surface area contributed by atoms with Crippen LogP contribution in [0, 0.1) is 6.92 Å². The fraction of sp³-hybridized carbons (Fsp3) is 0.391. The first-order valence-corrected chi connectivity index (χ1v) is 10.2. The molecule has 1 aromatic carbocycles. The van der Waals surface area contributed by atoms with Gasteiger partial charge in [0.05, 0.1) is 23.7 Å². The van der Waals surface area contributed by atoms with Crippen molar-refractivity contribution in [1.29, 1.82) is 0 Å². The summed E-state index contributed by atoms with van der Waals surface area (Å²) in [6.45, 7) is 10.1. The van der Waals surface area contributed by atoms with Gasteiger partial charge >= 0.3 is 0 Å². The van der Waals surface area contributed by atoms with E-state index in [4.69, 9.17) is 4.98 Å². The quantitative estimate of drug-likeness (QED) is 0.665. The number of likely N-dealkylation sites (N-methyl/N-ethyl adjacent to an activating group) is 1. The van der Waals surface area contributed by atoms with Gasteiger partial charge in [-0.3, -0.25) is 9.59 Å². The molecule has 0 saturated carbocycles. The lowest BCUT2D eigenvalue weighted by molar-refractivity contribution is -0.116. The minimum Gasteiger partial charge on any atom is -0.332 e. The number of nitrogens with one attached hydrogen (secondary N) is 1. The van der Waals surface area contributed by atoms with E-state index in [1.54, 1.807) is 13.2 Å². The molecule has 30 heavy (non-hydrogen) atoms. The zero-order chi connectivity index (χ0) is 22.0. The van der Waals surface area contributed by atoms with Crippen molar-refractivity contribution < 1.29 is 9.59 Å². The van der Waals surface area contributed by atoms with Crippen LogP contribution >= 0.6 is 0 Å². The number of nitrogens with zero attached hydrogens (tertiary/aromatic N) is 4. The second-order valence-electron chi connectivity index (χ2n) is 8.24. The molecule has 0 radical (unpaired) electrons. The highest BCUT2D eigenvalue weighted by atomic mass is 16.2. The molecule has 0 aliphatic heterocycles. The van der Waals surface area contributed by atoms with Crippen molar-refractivity contribution in [2.45, 2.75) is 46.6 Å². The fourth-order valence-corrected chi connectivity index (χ4v) is 3.22. The highest BCUT2D eigenvalue weighted by Crippen LogP contribution is 2.25. The average molecular weight is 408 g/mol. The second kappa shape index (κ2) is 8.65. The van der Waals surface area contributed by atoms with E-state index < -0.39 is 0 Å². The van der Waals surface area contributed by atoms with E-state index in [2.05, 4.69) is 10.4 Å². The van der Waals surface area contributed by atoms with Gasteiger partial charge in [0, 0.05) is 24.5 Å². The van der Waals surface area contributed by atoms with Gasteiger partial charge in [-0.2, -0.15) is 5.10 Å².